The summed E-state index contributed by atoms with van der Waals surface area (Å²) in [6.45, 7) is 8.01. The third-order valence-electron chi connectivity index (χ3n) is 2.36. The summed E-state index contributed by atoms with van der Waals surface area (Å²) >= 11 is 0. The normalized spacial score (nSPS) is 9.88. The van der Waals surface area contributed by atoms with Crippen LogP contribution in [0.2, 0.25) is 0 Å². The summed E-state index contributed by atoms with van der Waals surface area (Å²) in [6, 6.07) is 0. The number of hydrogen-bond donors (Lipinski definition) is 0. The van der Waals surface area contributed by atoms with Gasteiger partial charge in [0.15, 0.2) is 0 Å². The molecule has 4 heteroatoms. The van der Waals surface area contributed by atoms with E-state index < -0.39 is 0 Å². The first-order valence-corrected chi connectivity index (χ1v) is 6.74. The lowest BCUT2D eigenvalue weighted by Crippen LogP contribution is -1.97. The van der Waals surface area contributed by atoms with Crippen molar-refractivity contribution in [3.8, 4) is 0 Å². The minimum absolute atomic E-state index is 0.837. The minimum atomic E-state index is 0.837. The second-order valence-corrected chi connectivity index (χ2v) is 3.78. The Morgan fingerprint density at radius 3 is 2.65 bits per heavy atom. The molecule has 0 atom stereocenters. The maximum absolute atomic E-state index is 5.00. The third-order valence-corrected chi connectivity index (χ3v) is 2.36. The van der Waals surface area contributed by atoms with Crippen LogP contribution in [-0.2, 0) is 17.7 Å². The monoisotopic (exact) mass is 241 g/mol. The van der Waals surface area contributed by atoms with E-state index in [1.165, 1.54) is 12.8 Å². The smallest absolute Gasteiger partial charge is 0.0827 e. The molecular formula is C13H27N3O. The van der Waals surface area contributed by atoms with Crippen LogP contribution >= 0.6 is 0 Å². The highest BCUT2D eigenvalue weighted by Crippen LogP contribution is 2.02. The highest BCUT2D eigenvalue weighted by molar-refractivity contribution is 4.92. The summed E-state index contributed by atoms with van der Waals surface area (Å²) in [6.07, 6.45) is 7.66. The predicted octanol–water partition coefficient (Wildman–Crippen LogP) is 3.07. The molecule has 0 radical (unpaired) electrons. The van der Waals surface area contributed by atoms with Gasteiger partial charge in [-0.05, 0) is 25.7 Å². The molecule has 0 bridgehead atoms. The van der Waals surface area contributed by atoms with Gasteiger partial charge < -0.3 is 4.74 Å². The number of ether oxygens (including phenoxy) is 1. The van der Waals surface area contributed by atoms with E-state index in [4.69, 9.17) is 4.74 Å². The Kier molecular flexibility index (Phi) is 11.0. The summed E-state index contributed by atoms with van der Waals surface area (Å²) in [5.41, 5.74) is 1.10. The first-order valence-electron chi connectivity index (χ1n) is 6.74. The van der Waals surface area contributed by atoms with E-state index in [2.05, 4.69) is 23.4 Å². The number of nitrogens with zero attached hydrogens (tertiary/aromatic N) is 3. The Labute approximate surface area is 105 Å². The highest BCUT2D eigenvalue weighted by atomic mass is 16.5. The van der Waals surface area contributed by atoms with Crippen molar-refractivity contribution in [2.75, 3.05) is 13.7 Å². The van der Waals surface area contributed by atoms with Gasteiger partial charge in [0, 0.05) is 26.5 Å². The first-order chi connectivity index (χ1) is 8.36. The fourth-order valence-corrected chi connectivity index (χ4v) is 1.43. The molecule has 0 aliphatic carbocycles. The summed E-state index contributed by atoms with van der Waals surface area (Å²) in [4.78, 5) is 0. The van der Waals surface area contributed by atoms with Crippen LogP contribution in [0.25, 0.3) is 0 Å². The van der Waals surface area contributed by atoms with Crippen LogP contribution in [0.5, 0.6) is 0 Å². The Morgan fingerprint density at radius 1 is 1.24 bits per heavy atom. The molecule has 1 aromatic rings. The van der Waals surface area contributed by atoms with Crippen LogP contribution in [-0.4, -0.2) is 28.7 Å². The van der Waals surface area contributed by atoms with Crippen LogP contribution in [0.3, 0.4) is 0 Å². The number of rotatable bonds is 8. The Hall–Kier alpha value is -0.900. The van der Waals surface area contributed by atoms with Gasteiger partial charge >= 0.3 is 0 Å². The molecule has 0 aromatic carbocycles. The van der Waals surface area contributed by atoms with Crippen molar-refractivity contribution in [2.45, 2.75) is 59.4 Å². The molecular weight excluding hydrogens is 214 g/mol. The molecule has 0 spiro atoms. The van der Waals surface area contributed by atoms with E-state index in [0.29, 0.717) is 0 Å². The Morgan fingerprint density at radius 2 is 2.00 bits per heavy atom. The summed E-state index contributed by atoms with van der Waals surface area (Å²) in [7, 11) is 1.74. The molecule has 1 heterocycles. The molecule has 0 aliphatic rings. The third kappa shape index (κ3) is 7.91. The summed E-state index contributed by atoms with van der Waals surface area (Å²) in [5.74, 6) is 0. The van der Waals surface area contributed by atoms with Gasteiger partial charge in [-0.3, -0.25) is 4.68 Å². The van der Waals surface area contributed by atoms with E-state index in [1.807, 2.05) is 18.5 Å². The van der Waals surface area contributed by atoms with Gasteiger partial charge in [-0.1, -0.05) is 32.4 Å². The molecule has 1 rings (SSSR count). The predicted molar refractivity (Wildman–Crippen MR) is 71.1 cm³/mol. The average molecular weight is 241 g/mol. The zero-order valence-electron chi connectivity index (χ0n) is 11.8. The molecule has 0 N–H and O–H groups in total. The second-order valence-electron chi connectivity index (χ2n) is 3.78. The van der Waals surface area contributed by atoms with Gasteiger partial charge in [-0.2, -0.15) is 0 Å². The zero-order chi connectivity index (χ0) is 12.9. The van der Waals surface area contributed by atoms with Crippen LogP contribution in [0, 0.1) is 0 Å². The Bertz CT molecular complexity index is 261. The van der Waals surface area contributed by atoms with Gasteiger partial charge in [-0.25, -0.2) is 0 Å². The largest absolute Gasteiger partial charge is 0.385 e. The first kappa shape index (κ1) is 16.1. The van der Waals surface area contributed by atoms with Gasteiger partial charge in [0.05, 0.1) is 5.69 Å². The molecule has 17 heavy (non-hydrogen) atoms. The molecule has 0 fully saturated rings. The molecule has 100 valence electrons. The lowest BCUT2D eigenvalue weighted by atomic mass is 10.2. The lowest BCUT2D eigenvalue weighted by Gasteiger charge is -1.97. The standard InChI is InChI=1S/C11H21N3O.C2H6/c1-3-4-8-14-10-11(12-13-14)7-5-6-9-15-2;1-2/h10H,3-9H2,1-2H3;1-2H3. The summed E-state index contributed by atoms with van der Waals surface area (Å²) < 4.78 is 6.94. The fraction of sp³-hybridized carbons (Fsp3) is 0.846. The lowest BCUT2D eigenvalue weighted by molar-refractivity contribution is 0.193. The molecule has 4 nitrogen and oxygen atoms in total. The van der Waals surface area contributed by atoms with E-state index in [1.54, 1.807) is 7.11 Å². The van der Waals surface area contributed by atoms with Crippen molar-refractivity contribution in [3.05, 3.63) is 11.9 Å². The van der Waals surface area contributed by atoms with Gasteiger partial charge in [0.1, 0.15) is 0 Å². The number of unbranched alkanes of at least 4 members (excludes halogenated alkanes) is 2. The van der Waals surface area contributed by atoms with Gasteiger partial charge in [-0.15, -0.1) is 5.10 Å². The van der Waals surface area contributed by atoms with Crippen molar-refractivity contribution in [1.82, 2.24) is 15.0 Å². The fourth-order valence-electron chi connectivity index (χ4n) is 1.43. The quantitative estimate of drug-likeness (QED) is 0.657. The van der Waals surface area contributed by atoms with Crippen molar-refractivity contribution in [1.29, 1.82) is 0 Å². The van der Waals surface area contributed by atoms with E-state index in [-0.39, 0.29) is 0 Å². The average Bonchev–Trinajstić information content (AvgIpc) is 2.82. The van der Waals surface area contributed by atoms with Crippen LogP contribution < -0.4 is 0 Å². The molecule has 0 aliphatic heterocycles. The minimum Gasteiger partial charge on any atom is -0.385 e. The molecule has 0 saturated heterocycles. The SMILES string of the molecule is CC.CCCCn1cc(CCCCOC)nn1. The molecule has 0 unspecified atom stereocenters. The Balaban J connectivity index is 0.00000121. The molecule has 0 amide bonds. The van der Waals surface area contributed by atoms with Crippen molar-refractivity contribution >= 4 is 0 Å². The number of aromatic nitrogens is 3. The second kappa shape index (κ2) is 11.6. The maximum Gasteiger partial charge on any atom is 0.0827 e. The summed E-state index contributed by atoms with van der Waals surface area (Å²) in [5, 5.41) is 8.23. The van der Waals surface area contributed by atoms with Gasteiger partial charge in [0.25, 0.3) is 0 Å². The maximum atomic E-state index is 5.00. The van der Waals surface area contributed by atoms with Gasteiger partial charge in [0.2, 0.25) is 0 Å². The van der Waals surface area contributed by atoms with E-state index in [9.17, 15) is 0 Å². The van der Waals surface area contributed by atoms with E-state index >= 15 is 0 Å². The number of aryl methyl sites for hydroxylation is 2. The highest BCUT2D eigenvalue weighted by Gasteiger charge is 1.99. The van der Waals surface area contributed by atoms with Crippen molar-refractivity contribution in [3.63, 3.8) is 0 Å². The zero-order valence-corrected chi connectivity index (χ0v) is 11.8. The van der Waals surface area contributed by atoms with E-state index in [0.717, 1.165) is 38.1 Å². The van der Waals surface area contributed by atoms with Crippen molar-refractivity contribution in [2.24, 2.45) is 0 Å². The van der Waals surface area contributed by atoms with Crippen LogP contribution in [0.1, 0.15) is 52.1 Å². The number of hydrogen-bond acceptors (Lipinski definition) is 3. The van der Waals surface area contributed by atoms with Crippen molar-refractivity contribution < 1.29 is 4.74 Å². The van der Waals surface area contributed by atoms with Crippen LogP contribution in [0.15, 0.2) is 6.20 Å². The number of methoxy groups -OCH3 is 1. The molecule has 1 aromatic heterocycles. The van der Waals surface area contributed by atoms with Crippen LogP contribution in [0.4, 0.5) is 0 Å². The molecule has 0 saturated carbocycles. The topological polar surface area (TPSA) is 39.9 Å².